The quantitative estimate of drug-likeness (QED) is 0.557. The molecule has 2 N–H and O–H groups in total. The van der Waals surface area contributed by atoms with Crippen LogP contribution < -0.4 is 10.2 Å². The van der Waals surface area contributed by atoms with E-state index in [1.54, 1.807) is 23.4 Å². The molecule has 0 saturated carbocycles. The van der Waals surface area contributed by atoms with Gasteiger partial charge >= 0.3 is 5.97 Å². The van der Waals surface area contributed by atoms with Crippen LogP contribution in [0.4, 0.5) is 11.4 Å². The highest BCUT2D eigenvalue weighted by Gasteiger charge is 2.41. The Kier molecular flexibility index (Phi) is 6.14. The summed E-state index contributed by atoms with van der Waals surface area (Å²) < 4.78 is 0. The summed E-state index contributed by atoms with van der Waals surface area (Å²) >= 11 is 0. The Bertz CT molecular complexity index is 1300. The number of carboxylic acids is 1. The fraction of sp³-hybridized carbons (Fsp3) is 0.214. The Hall–Kier alpha value is -4.26. The van der Waals surface area contributed by atoms with Gasteiger partial charge in [0.25, 0.3) is 0 Å². The number of hydrogen-bond donors (Lipinski definition) is 2. The number of para-hydroxylation sites is 2. The first-order valence-corrected chi connectivity index (χ1v) is 11.6. The lowest BCUT2D eigenvalue weighted by atomic mass is 9.78. The number of allylic oxidation sites excluding steroid dienone is 1. The van der Waals surface area contributed by atoms with Gasteiger partial charge in [0, 0.05) is 36.5 Å². The molecule has 3 aromatic rings. The van der Waals surface area contributed by atoms with Gasteiger partial charge in [-0.2, -0.15) is 0 Å². The zero-order valence-corrected chi connectivity index (χ0v) is 19.1. The monoisotopic (exact) mass is 467 g/mol. The van der Waals surface area contributed by atoms with E-state index < -0.39 is 12.0 Å². The molecule has 176 valence electrons. The highest BCUT2D eigenvalue weighted by molar-refractivity contribution is 6.06. The van der Waals surface area contributed by atoms with Crippen LogP contribution in [0, 0.1) is 0 Å². The van der Waals surface area contributed by atoms with Gasteiger partial charge in [0.2, 0.25) is 5.91 Å². The van der Waals surface area contributed by atoms with Crippen LogP contribution in [-0.2, 0) is 14.4 Å². The minimum Gasteiger partial charge on any atom is -0.481 e. The number of nitrogens with zero attached hydrogens (tertiary/aromatic N) is 2. The molecule has 0 unspecified atom stereocenters. The lowest BCUT2D eigenvalue weighted by Gasteiger charge is -2.35. The lowest BCUT2D eigenvalue weighted by molar-refractivity contribution is -0.138. The molecule has 0 fully saturated rings. The van der Waals surface area contributed by atoms with Gasteiger partial charge in [-0.05, 0) is 41.7 Å². The van der Waals surface area contributed by atoms with Crippen molar-refractivity contribution < 1.29 is 19.5 Å². The number of ketones is 1. The Labute approximate surface area is 203 Å². The number of nitrogens with one attached hydrogen (secondary N) is 1. The average molecular weight is 468 g/mol. The van der Waals surface area contributed by atoms with Crippen molar-refractivity contribution in [2.75, 3.05) is 10.2 Å². The maximum Gasteiger partial charge on any atom is 0.303 e. The van der Waals surface area contributed by atoms with E-state index in [0.717, 1.165) is 11.3 Å². The number of rotatable bonds is 5. The summed E-state index contributed by atoms with van der Waals surface area (Å²) in [6.07, 6.45) is 3.79. The molecule has 35 heavy (non-hydrogen) atoms. The number of carboxylic acid groups (broad SMARTS) is 1. The Morgan fingerprint density at radius 1 is 0.943 bits per heavy atom. The van der Waals surface area contributed by atoms with Gasteiger partial charge in [0.05, 0.1) is 23.8 Å². The van der Waals surface area contributed by atoms with Crippen LogP contribution in [0.2, 0.25) is 0 Å². The topological polar surface area (TPSA) is 99.6 Å². The Morgan fingerprint density at radius 3 is 2.43 bits per heavy atom. The average Bonchev–Trinajstić information content (AvgIpc) is 3.03. The smallest absolute Gasteiger partial charge is 0.303 e. The molecular formula is C28H25N3O4. The van der Waals surface area contributed by atoms with Crippen LogP contribution in [0.5, 0.6) is 0 Å². The van der Waals surface area contributed by atoms with Crippen LogP contribution in [0.3, 0.4) is 0 Å². The molecule has 1 aliphatic heterocycles. The summed E-state index contributed by atoms with van der Waals surface area (Å²) in [5.41, 5.74) is 4.43. The Balaban J connectivity index is 1.67. The summed E-state index contributed by atoms with van der Waals surface area (Å²) in [4.78, 5) is 44.4. The third-order valence-electron chi connectivity index (χ3n) is 6.58. The first kappa shape index (κ1) is 22.5. The first-order chi connectivity index (χ1) is 17.0. The standard InChI is InChI=1S/C28H25N3O4/c32-24-16-20(18-7-2-1-3-8-18)15-22-27(24)28(19-9-6-14-29-17-19)31(25(33)12-13-26(34)35)23-11-5-4-10-21(23)30-22/h1-11,14,17,20,28,30H,12-13,15-16H2,(H,34,35)/t20-,28+/m1/s1. The van der Waals surface area contributed by atoms with E-state index in [2.05, 4.69) is 10.3 Å². The number of carbonyl (C=O) groups is 3. The highest BCUT2D eigenvalue weighted by atomic mass is 16.4. The summed E-state index contributed by atoms with van der Waals surface area (Å²) in [6, 6.07) is 20.3. The number of pyridine rings is 1. The van der Waals surface area contributed by atoms with Gasteiger partial charge in [-0.3, -0.25) is 24.3 Å². The van der Waals surface area contributed by atoms with Crippen molar-refractivity contribution in [1.29, 1.82) is 0 Å². The van der Waals surface area contributed by atoms with Crippen LogP contribution >= 0.6 is 0 Å². The minimum atomic E-state index is -1.04. The number of anilines is 2. The largest absolute Gasteiger partial charge is 0.481 e. The molecule has 0 spiro atoms. The molecule has 1 aromatic heterocycles. The van der Waals surface area contributed by atoms with E-state index in [1.807, 2.05) is 60.7 Å². The summed E-state index contributed by atoms with van der Waals surface area (Å²) in [6.45, 7) is 0. The molecule has 2 aliphatic rings. The predicted molar refractivity (Wildman–Crippen MR) is 132 cm³/mol. The second-order valence-electron chi connectivity index (χ2n) is 8.82. The maximum absolute atomic E-state index is 13.8. The van der Waals surface area contributed by atoms with Gasteiger partial charge in [0.1, 0.15) is 0 Å². The predicted octanol–water partition coefficient (Wildman–Crippen LogP) is 4.85. The van der Waals surface area contributed by atoms with Gasteiger partial charge in [-0.15, -0.1) is 0 Å². The number of fused-ring (bicyclic) bond motifs is 1. The van der Waals surface area contributed by atoms with Gasteiger partial charge in [-0.1, -0.05) is 48.5 Å². The number of hydrogen-bond acceptors (Lipinski definition) is 5. The van der Waals surface area contributed by atoms with E-state index in [9.17, 15) is 19.5 Å². The number of amides is 1. The molecule has 0 bridgehead atoms. The van der Waals surface area contributed by atoms with Crippen LogP contribution in [0.15, 0.2) is 90.4 Å². The number of aromatic nitrogens is 1. The molecule has 5 rings (SSSR count). The second-order valence-corrected chi connectivity index (χ2v) is 8.82. The third-order valence-corrected chi connectivity index (χ3v) is 6.58. The van der Waals surface area contributed by atoms with Gasteiger partial charge in [-0.25, -0.2) is 0 Å². The summed E-state index contributed by atoms with van der Waals surface area (Å²) in [5, 5.41) is 12.7. The number of carbonyl (C=O) groups excluding carboxylic acids is 2. The fourth-order valence-corrected chi connectivity index (χ4v) is 5.01. The molecule has 7 heteroatoms. The van der Waals surface area contributed by atoms with Gasteiger partial charge < -0.3 is 10.4 Å². The SMILES string of the molecule is O=C(O)CCC(=O)N1c2ccccc2NC2=C(C(=O)C[C@H](c3ccccc3)C2)[C@@H]1c1cccnc1. The van der Waals surface area contributed by atoms with E-state index in [0.29, 0.717) is 35.4 Å². The Morgan fingerprint density at radius 2 is 1.69 bits per heavy atom. The maximum atomic E-state index is 13.8. The third kappa shape index (κ3) is 4.45. The van der Waals surface area contributed by atoms with Crippen molar-refractivity contribution in [3.63, 3.8) is 0 Å². The normalized spacial score (nSPS) is 19.3. The van der Waals surface area contributed by atoms with Crippen molar-refractivity contribution in [3.05, 3.63) is 102 Å². The molecule has 2 heterocycles. The van der Waals surface area contributed by atoms with E-state index in [1.165, 1.54) is 0 Å². The molecule has 1 aliphatic carbocycles. The van der Waals surface area contributed by atoms with E-state index in [4.69, 9.17) is 0 Å². The van der Waals surface area contributed by atoms with Crippen LogP contribution in [0.25, 0.3) is 0 Å². The van der Waals surface area contributed by atoms with Crippen molar-refractivity contribution in [3.8, 4) is 0 Å². The molecule has 0 radical (unpaired) electrons. The molecule has 2 aromatic carbocycles. The van der Waals surface area contributed by atoms with Crippen molar-refractivity contribution >= 4 is 29.0 Å². The number of benzene rings is 2. The van der Waals surface area contributed by atoms with E-state index in [-0.39, 0.29) is 30.4 Å². The minimum absolute atomic E-state index is 0.0194. The molecule has 2 atom stereocenters. The highest BCUT2D eigenvalue weighted by Crippen LogP contribution is 2.47. The zero-order valence-electron chi connectivity index (χ0n) is 19.1. The number of Topliss-reactive ketones (excluding diaryl/α,β-unsaturated/α-hetero) is 1. The molecule has 1 amide bonds. The molecule has 7 nitrogen and oxygen atoms in total. The molecular weight excluding hydrogens is 442 g/mol. The van der Waals surface area contributed by atoms with E-state index >= 15 is 0 Å². The fourth-order valence-electron chi connectivity index (χ4n) is 5.01. The second kappa shape index (κ2) is 9.54. The van der Waals surface area contributed by atoms with Crippen molar-refractivity contribution in [2.45, 2.75) is 37.6 Å². The van der Waals surface area contributed by atoms with Crippen molar-refractivity contribution in [2.24, 2.45) is 0 Å². The van der Waals surface area contributed by atoms with Gasteiger partial charge in [0.15, 0.2) is 5.78 Å². The zero-order chi connectivity index (χ0) is 24.4. The molecule has 0 saturated heterocycles. The number of aliphatic carboxylic acids is 1. The van der Waals surface area contributed by atoms with Crippen LogP contribution in [0.1, 0.15) is 48.8 Å². The lowest BCUT2D eigenvalue weighted by Crippen LogP contribution is -2.38. The van der Waals surface area contributed by atoms with Crippen LogP contribution in [-0.4, -0.2) is 27.8 Å². The summed E-state index contributed by atoms with van der Waals surface area (Å²) in [7, 11) is 0. The summed E-state index contributed by atoms with van der Waals surface area (Å²) in [5.74, 6) is -1.42. The first-order valence-electron chi connectivity index (χ1n) is 11.6. The van der Waals surface area contributed by atoms with Crippen molar-refractivity contribution in [1.82, 2.24) is 4.98 Å².